The molecule has 0 saturated heterocycles. The Bertz CT molecular complexity index is 910. The molecule has 0 aliphatic carbocycles. The number of primary sulfonamides is 1. The van der Waals surface area contributed by atoms with E-state index in [-0.39, 0.29) is 23.4 Å². The maximum absolute atomic E-state index is 12.4. The summed E-state index contributed by atoms with van der Waals surface area (Å²) in [7, 11) is -3.84. The third-order valence-electron chi connectivity index (χ3n) is 4.55. The minimum atomic E-state index is -3.84. The Morgan fingerprint density at radius 2 is 1.74 bits per heavy atom. The predicted octanol–water partition coefficient (Wildman–Crippen LogP) is 2.88. The van der Waals surface area contributed by atoms with Crippen molar-refractivity contribution in [2.75, 3.05) is 11.9 Å². The van der Waals surface area contributed by atoms with Crippen molar-refractivity contribution < 1.29 is 13.2 Å². The summed E-state index contributed by atoms with van der Waals surface area (Å²) >= 11 is 0. The van der Waals surface area contributed by atoms with Gasteiger partial charge in [0.25, 0.3) is 0 Å². The molecule has 146 valence electrons. The predicted molar refractivity (Wildman–Crippen MR) is 108 cm³/mol. The molecule has 6 nitrogen and oxygen atoms in total. The highest BCUT2D eigenvalue weighted by Gasteiger charge is 2.18. The van der Waals surface area contributed by atoms with E-state index in [1.165, 1.54) is 12.1 Å². The number of anilines is 1. The monoisotopic (exact) mass is 389 g/mol. The highest BCUT2D eigenvalue weighted by atomic mass is 32.2. The van der Waals surface area contributed by atoms with Crippen molar-refractivity contribution in [3.05, 3.63) is 59.2 Å². The lowest BCUT2D eigenvalue weighted by molar-refractivity contribution is -0.115. The van der Waals surface area contributed by atoms with Crippen LogP contribution in [-0.4, -0.2) is 20.9 Å². The highest BCUT2D eigenvalue weighted by Crippen LogP contribution is 2.24. The van der Waals surface area contributed by atoms with Gasteiger partial charge in [-0.15, -0.1) is 0 Å². The molecule has 7 heteroatoms. The number of amides is 1. The highest BCUT2D eigenvalue weighted by molar-refractivity contribution is 7.89. The molecule has 0 unspecified atom stereocenters. The molecule has 2 aromatic carbocycles. The zero-order chi connectivity index (χ0) is 20.2. The second-order valence-corrected chi connectivity index (χ2v) is 8.58. The van der Waals surface area contributed by atoms with Crippen LogP contribution in [0.2, 0.25) is 0 Å². The smallest absolute Gasteiger partial charge is 0.238 e. The summed E-state index contributed by atoms with van der Waals surface area (Å²) in [6, 6.07) is 12.9. The van der Waals surface area contributed by atoms with Gasteiger partial charge < -0.3 is 10.6 Å². The van der Waals surface area contributed by atoms with E-state index in [1.807, 2.05) is 37.3 Å². The van der Waals surface area contributed by atoms with Crippen LogP contribution in [0.25, 0.3) is 0 Å². The maximum atomic E-state index is 12.4. The molecular formula is C20H27N3O3S. The lowest BCUT2D eigenvalue weighted by Crippen LogP contribution is -2.33. The number of carbonyl (C=O) groups excluding carboxylic acids is 1. The van der Waals surface area contributed by atoms with E-state index in [0.29, 0.717) is 11.6 Å². The number of carbonyl (C=O) groups is 1. The summed E-state index contributed by atoms with van der Waals surface area (Å²) in [4.78, 5) is 12.4. The summed E-state index contributed by atoms with van der Waals surface area (Å²) in [5.74, 6) is 0.0561. The first-order chi connectivity index (χ1) is 12.6. The van der Waals surface area contributed by atoms with Gasteiger partial charge in [0, 0.05) is 11.7 Å². The molecular weight excluding hydrogens is 362 g/mol. The van der Waals surface area contributed by atoms with Gasteiger partial charge in [0.1, 0.15) is 0 Å². The van der Waals surface area contributed by atoms with E-state index in [9.17, 15) is 13.2 Å². The first-order valence-corrected chi connectivity index (χ1v) is 10.4. The van der Waals surface area contributed by atoms with Gasteiger partial charge >= 0.3 is 0 Å². The number of sulfonamides is 1. The van der Waals surface area contributed by atoms with Crippen molar-refractivity contribution in [3.8, 4) is 0 Å². The summed E-state index contributed by atoms with van der Waals surface area (Å²) in [6.45, 7) is 7.89. The normalized spacial score (nSPS) is 12.8. The molecule has 1 amide bonds. The van der Waals surface area contributed by atoms with Crippen molar-refractivity contribution in [3.63, 3.8) is 0 Å². The average Bonchev–Trinajstić information content (AvgIpc) is 2.58. The van der Waals surface area contributed by atoms with Gasteiger partial charge in [-0.1, -0.05) is 44.2 Å². The van der Waals surface area contributed by atoms with Crippen molar-refractivity contribution in [2.45, 2.75) is 38.6 Å². The van der Waals surface area contributed by atoms with E-state index in [2.05, 4.69) is 24.5 Å². The molecule has 0 aliphatic heterocycles. The zero-order valence-corrected chi connectivity index (χ0v) is 16.9. The third kappa shape index (κ3) is 5.63. The zero-order valence-electron chi connectivity index (χ0n) is 16.1. The first-order valence-electron chi connectivity index (χ1n) is 8.82. The summed E-state index contributed by atoms with van der Waals surface area (Å²) < 4.78 is 23.3. The SMILES string of the molecule is Cc1cc(S(N)(=O)=O)cc(NC(=O)CN[C@H](c2ccccc2)C(C)C)c1C. The molecule has 4 N–H and O–H groups in total. The van der Waals surface area contributed by atoms with E-state index in [1.54, 1.807) is 6.92 Å². The first kappa shape index (κ1) is 21.1. The Morgan fingerprint density at radius 1 is 1.11 bits per heavy atom. The van der Waals surface area contributed by atoms with E-state index >= 15 is 0 Å². The number of nitrogens with two attached hydrogens (primary N) is 1. The van der Waals surface area contributed by atoms with Crippen LogP contribution >= 0.6 is 0 Å². The minimum Gasteiger partial charge on any atom is -0.325 e. The molecule has 2 aromatic rings. The van der Waals surface area contributed by atoms with Crippen LogP contribution in [0.4, 0.5) is 5.69 Å². The van der Waals surface area contributed by atoms with Crippen LogP contribution in [0.5, 0.6) is 0 Å². The van der Waals surface area contributed by atoms with Gasteiger partial charge in [0.2, 0.25) is 15.9 Å². The van der Waals surface area contributed by atoms with Crippen LogP contribution in [0, 0.1) is 19.8 Å². The molecule has 0 spiro atoms. The van der Waals surface area contributed by atoms with E-state index < -0.39 is 10.0 Å². The summed E-state index contributed by atoms with van der Waals surface area (Å²) in [5, 5.41) is 11.3. The van der Waals surface area contributed by atoms with Gasteiger partial charge in [0.05, 0.1) is 11.4 Å². The number of hydrogen-bond donors (Lipinski definition) is 3. The van der Waals surface area contributed by atoms with Crippen molar-refractivity contribution in [1.29, 1.82) is 0 Å². The second-order valence-electron chi connectivity index (χ2n) is 7.02. The molecule has 0 heterocycles. The van der Waals surface area contributed by atoms with Crippen molar-refractivity contribution >= 4 is 21.6 Å². The fourth-order valence-corrected chi connectivity index (χ4v) is 3.54. The molecule has 0 saturated carbocycles. The Balaban J connectivity index is 2.12. The van der Waals surface area contributed by atoms with Gasteiger partial charge in [-0.2, -0.15) is 0 Å². The molecule has 1 atom stereocenters. The Morgan fingerprint density at radius 3 is 2.30 bits per heavy atom. The minimum absolute atomic E-state index is 0.0156. The molecule has 0 fully saturated rings. The number of rotatable bonds is 7. The quantitative estimate of drug-likeness (QED) is 0.678. The molecule has 0 aromatic heterocycles. The summed E-state index contributed by atoms with van der Waals surface area (Å²) in [5.41, 5.74) is 3.11. The van der Waals surface area contributed by atoms with Gasteiger partial charge in [-0.25, -0.2) is 13.6 Å². The fourth-order valence-electron chi connectivity index (χ4n) is 2.92. The Kier molecular flexibility index (Phi) is 6.75. The second kappa shape index (κ2) is 8.65. The fraction of sp³-hybridized carbons (Fsp3) is 0.350. The van der Waals surface area contributed by atoms with Crippen LogP contribution in [0.1, 0.15) is 36.6 Å². The topological polar surface area (TPSA) is 101 Å². The Hall–Kier alpha value is -2.22. The number of benzene rings is 2. The van der Waals surface area contributed by atoms with Gasteiger partial charge in [-0.05, 0) is 48.6 Å². The molecule has 27 heavy (non-hydrogen) atoms. The van der Waals surface area contributed by atoms with Crippen molar-refractivity contribution in [2.24, 2.45) is 11.1 Å². The lowest BCUT2D eigenvalue weighted by Gasteiger charge is -2.23. The van der Waals surface area contributed by atoms with Crippen LogP contribution in [-0.2, 0) is 14.8 Å². The molecule has 0 aliphatic rings. The Labute approximate surface area is 161 Å². The van der Waals surface area contributed by atoms with Crippen LogP contribution in [0.3, 0.4) is 0 Å². The van der Waals surface area contributed by atoms with E-state index in [4.69, 9.17) is 5.14 Å². The molecule has 0 radical (unpaired) electrons. The van der Waals surface area contributed by atoms with E-state index in [0.717, 1.165) is 16.7 Å². The summed E-state index contributed by atoms with van der Waals surface area (Å²) in [6.07, 6.45) is 0. The average molecular weight is 390 g/mol. The van der Waals surface area contributed by atoms with Crippen molar-refractivity contribution in [1.82, 2.24) is 5.32 Å². The number of hydrogen-bond acceptors (Lipinski definition) is 4. The lowest BCUT2D eigenvalue weighted by atomic mass is 9.96. The van der Waals surface area contributed by atoms with Gasteiger partial charge in [0.15, 0.2) is 0 Å². The number of nitrogens with one attached hydrogen (secondary N) is 2. The molecule has 2 rings (SSSR count). The standard InChI is InChI=1S/C20H27N3O3S/c1-13(2)20(16-8-6-5-7-9-16)22-12-19(24)23-18-11-17(27(21,25)26)10-14(3)15(18)4/h5-11,13,20,22H,12H2,1-4H3,(H,23,24)(H2,21,25,26)/t20-/m0/s1. The maximum Gasteiger partial charge on any atom is 0.238 e. The third-order valence-corrected chi connectivity index (χ3v) is 5.44. The molecule has 0 bridgehead atoms. The largest absolute Gasteiger partial charge is 0.325 e. The van der Waals surface area contributed by atoms with Crippen LogP contribution in [0.15, 0.2) is 47.4 Å². The van der Waals surface area contributed by atoms with Crippen LogP contribution < -0.4 is 15.8 Å². The number of aryl methyl sites for hydroxylation is 1. The van der Waals surface area contributed by atoms with Gasteiger partial charge in [-0.3, -0.25) is 4.79 Å².